The molecule has 2 heterocycles. The number of anilines is 1. The Kier molecular flexibility index (Phi) is 6.03. The van der Waals surface area contributed by atoms with Gasteiger partial charge in [-0.05, 0) is 25.0 Å². The van der Waals surface area contributed by atoms with Gasteiger partial charge in [0.1, 0.15) is 0 Å². The van der Waals surface area contributed by atoms with Crippen LogP contribution < -0.4 is 23.8 Å². The monoisotopic (exact) mass is 394 g/mol. The number of piperidine rings is 1. The molecule has 0 spiro atoms. The van der Waals surface area contributed by atoms with E-state index in [0.29, 0.717) is 18.0 Å². The van der Waals surface area contributed by atoms with Crippen LogP contribution in [0.1, 0.15) is 19.8 Å². The zero-order valence-corrected chi connectivity index (χ0v) is 16.7. The number of methoxy groups -OCH3 is 2. The van der Waals surface area contributed by atoms with Gasteiger partial charge in [0.15, 0.2) is 11.5 Å². The Labute approximate surface area is 160 Å². The van der Waals surface area contributed by atoms with Gasteiger partial charge < -0.3 is 14.4 Å². The molecule has 1 aliphatic rings. The predicted octanol–water partition coefficient (Wildman–Crippen LogP) is 1.66. The van der Waals surface area contributed by atoms with Crippen molar-refractivity contribution in [1.29, 1.82) is 0 Å². The summed E-state index contributed by atoms with van der Waals surface area (Å²) in [6.07, 6.45) is 3.26. The minimum Gasteiger partial charge on any atom is -0.493 e. The molecule has 1 aliphatic heterocycles. The molecule has 3 rings (SSSR count). The summed E-state index contributed by atoms with van der Waals surface area (Å²) in [6.45, 7) is 3.65. The maximum Gasteiger partial charge on any atom is 0.277 e. The van der Waals surface area contributed by atoms with E-state index in [0.717, 1.165) is 42.5 Å². The number of pyridine rings is 1. The average Bonchev–Trinajstić information content (AvgIpc) is 2.66. The number of nitrogens with zero attached hydrogens (tertiary/aromatic N) is 2. The first-order valence-electron chi connectivity index (χ1n) is 9.00. The summed E-state index contributed by atoms with van der Waals surface area (Å²) in [5.74, 6) is 1.30. The van der Waals surface area contributed by atoms with Crippen LogP contribution >= 0.6 is 0 Å². The lowest BCUT2D eigenvalue weighted by Crippen LogP contribution is -2.48. The Morgan fingerprint density at radius 3 is 2.48 bits per heavy atom. The molecule has 27 heavy (non-hydrogen) atoms. The van der Waals surface area contributed by atoms with E-state index in [1.807, 2.05) is 18.2 Å². The molecule has 0 amide bonds. The van der Waals surface area contributed by atoms with Crippen molar-refractivity contribution in [2.24, 2.45) is 0 Å². The zero-order valence-electron chi connectivity index (χ0n) is 15.9. The Morgan fingerprint density at radius 2 is 1.85 bits per heavy atom. The highest BCUT2D eigenvalue weighted by molar-refractivity contribution is 7.87. The second-order valence-electron chi connectivity index (χ2n) is 6.43. The Hall–Kier alpha value is -2.10. The van der Waals surface area contributed by atoms with Crippen molar-refractivity contribution >= 4 is 26.8 Å². The number of hydrogen-bond acceptors (Lipinski definition) is 6. The quantitative estimate of drug-likeness (QED) is 0.742. The van der Waals surface area contributed by atoms with Crippen LogP contribution in [0, 0.1) is 0 Å². The molecule has 1 saturated heterocycles. The second kappa shape index (κ2) is 8.28. The van der Waals surface area contributed by atoms with Gasteiger partial charge in [-0.15, -0.1) is 0 Å². The van der Waals surface area contributed by atoms with Gasteiger partial charge in [0.05, 0.1) is 19.7 Å². The van der Waals surface area contributed by atoms with Crippen molar-refractivity contribution in [3.8, 4) is 11.5 Å². The maximum atomic E-state index is 11.9. The summed E-state index contributed by atoms with van der Waals surface area (Å²) in [5, 5.41) is 0.988. The van der Waals surface area contributed by atoms with Gasteiger partial charge in [0, 0.05) is 49.0 Å². The van der Waals surface area contributed by atoms with E-state index in [2.05, 4.69) is 19.3 Å². The molecule has 0 saturated carbocycles. The van der Waals surface area contributed by atoms with Gasteiger partial charge in [0.25, 0.3) is 10.2 Å². The molecule has 0 atom stereocenters. The highest BCUT2D eigenvalue weighted by Crippen LogP contribution is 2.36. The normalized spacial score (nSPS) is 15.9. The third-order valence-corrected chi connectivity index (χ3v) is 6.03. The fraction of sp³-hybridized carbons (Fsp3) is 0.500. The Bertz CT molecular complexity index is 896. The van der Waals surface area contributed by atoms with E-state index in [9.17, 15) is 8.42 Å². The zero-order chi connectivity index (χ0) is 19.4. The number of aromatic nitrogens is 1. The molecule has 8 nitrogen and oxygen atoms in total. The van der Waals surface area contributed by atoms with Crippen molar-refractivity contribution in [2.45, 2.75) is 25.8 Å². The van der Waals surface area contributed by atoms with Crippen LogP contribution in [0.5, 0.6) is 11.5 Å². The molecule has 1 aromatic carbocycles. The fourth-order valence-corrected chi connectivity index (χ4v) is 4.56. The van der Waals surface area contributed by atoms with Gasteiger partial charge in [0.2, 0.25) is 0 Å². The van der Waals surface area contributed by atoms with Crippen LogP contribution in [-0.2, 0) is 10.2 Å². The van der Waals surface area contributed by atoms with Crippen LogP contribution in [0.15, 0.2) is 24.4 Å². The van der Waals surface area contributed by atoms with Crippen LogP contribution in [-0.4, -0.2) is 53.3 Å². The third-order valence-electron chi connectivity index (χ3n) is 4.72. The number of nitrogens with one attached hydrogen (secondary N) is 2. The lowest BCUT2D eigenvalue weighted by molar-refractivity contribution is 0.356. The Morgan fingerprint density at radius 1 is 1.19 bits per heavy atom. The molecular weight excluding hydrogens is 368 g/mol. The first-order chi connectivity index (χ1) is 13.0. The van der Waals surface area contributed by atoms with Crippen LogP contribution in [0.4, 0.5) is 5.69 Å². The van der Waals surface area contributed by atoms with E-state index < -0.39 is 10.2 Å². The number of ether oxygens (including phenoxy) is 2. The van der Waals surface area contributed by atoms with E-state index in [1.54, 1.807) is 27.3 Å². The van der Waals surface area contributed by atoms with Gasteiger partial charge in [-0.25, -0.2) is 4.72 Å². The van der Waals surface area contributed by atoms with Crippen LogP contribution in [0.2, 0.25) is 0 Å². The van der Waals surface area contributed by atoms with Gasteiger partial charge >= 0.3 is 0 Å². The summed E-state index contributed by atoms with van der Waals surface area (Å²) in [6, 6.07) is 5.73. The van der Waals surface area contributed by atoms with Gasteiger partial charge in [-0.1, -0.05) is 6.92 Å². The molecule has 0 aliphatic carbocycles. The standard InChI is InChI=1S/C18H26N4O4S/c1-4-20-27(23,24)21-13-6-9-22(10-7-13)16-5-8-19-15-12-18(26-3)17(25-2)11-14(15)16/h5,8,11-13,20-21H,4,6-7,9-10H2,1-3H3. The number of rotatable bonds is 7. The first-order valence-corrected chi connectivity index (χ1v) is 10.5. The summed E-state index contributed by atoms with van der Waals surface area (Å²) in [4.78, 5) is 6.70. The molecule has 2 N–H and O–H groups in total. The van der Waals surface area contributed by atoms with E-state index in [4.69, 9.17) is 9.47 Å². The van der Waals surface area contributed by atoms with Gasteiger partial charge in [-0.3, -0.25) is 4.98 Å². The number of benzene rings is 1. The molecule has 0 bridgehead atoms. The largest absolute Gasteiger partial charge is 0.493 e. The number of fused-ring (bicyclic) bond motifs is 1. The maximum absolute atomic E-state index is 11.9. The molecule has 2 aromatic rings. The molecule has 9 heteroatoms. The number of hydrogen-bond donors (Lipinski definition) is 2. The lowest BCUT2D eigenvalue weighted by atomic mass is 10.0. The highest BCUT2D eigenvalue weighted by atomic mass is 32.2. The molecule has 148 valence electrons. The smallest absolute Gasteiger partial charge is 0.277 e. The highest BCUT2D eigenvalue weighted by Gasteiger charge is 2.24. The van der Waals surface area contributed by atoms with Crippen molar-refractivity contribution in [3.05, 3.63) is 24.4 Å². The predicted molar refractivity (Wildman–Crippen MR) is 106 cm³/mol. The van der Waals surface area contributed by atoms with Crippen LogP contribution in [0.3, 0.4) is 0 Å². The van der Waals surface area contributed by atoms with E-state index >= 15 is 0 Å². The second-order valence-corrected chi connectivity index (χ2v) is 7.97. The van der Waals surface area contributed by atoms with Crippen molar-refractivity contribution in [2.75, 3.05) is 38.8 Å². The van der Waals surface area contributed by atoms with Crippen LogP contribution in [0.25, 0.3) is 10.9 Å². The molecule has 1 aromatic heterocycles. The SMILES string of the molecule is CCNS(=O)(=O)NC1CCN(c2ccnc3cc(OC)c(OC)cc23)CC1. The molecule has 0 unspecified atom stereocenters. The molecule has 0 radical (unpaired) electrons. The van der Waals surface area contributed by atoms with E-state index in [-0.39, 0.29) is 6.04 Å². The summed E-state index contributed by atoms with van der Waals surface area (Å²) < 4.78 is 39.8. The van der Waals surface area contributed by atoms with Crippen molar-refractivity contribution < 1.29 is 17.9 Å². The molecular formula is C18H26N4O4S. The summed E-state index contributed by atoms with van der Waals surface area (Å²) >= 11 is 0. The lowest BCUT2D eigenvalue weighted by Gasteiger charge is -2.34. The third kappa shape index (κ3) is 4.42. The fourth-order valence-electron chi connectivity index (χ4n) is 3.42. The summed E-state index contributed by atoms with van der Waals surface area (Å²) in [7, 11) is -0.207. The van der Waals surface area contributed by atoms with Gasteiger partial charge in [-0.2, -0.15) is 13.1 Å². The Balaban J connectivity index is 1.79. The van der Waals surface area contributed by atoms with E-state index in [1.165, 1.54) is 0 Å². The minimum absolute atomic E-state index is 0.0620. The first kappa shape index (κ1) is 19.7. The topological polar surface area (TPSA) is 92.8 Å². The van der Waals surface area contributed by atoms with Crippen molar-refractivity contribution in [1.82, 2.24) is 14.4 Å². The summed E-state index contributed by atoms with van der Waals surface area (Å²) in [5.41, 5.74) is 1.90. The minimum atomic E-state index is -3.42. The molecule has 1 fully saturated rings. The van der Waals surface area contributed by atoms with Crippen molar-refractivity contribution in [3.63, 3.8) is 0 Å². The average molecular weight is 394 g/mol.